The quantitative estimate of drug-likeness (QED) is 0.622. The first-order chi connectivity index (χ1) is 11.6. The fourth-order valence-corrected chi connectivity index (χ4v) is 3.68. The van der Waals surface area contributed by atoms with Gasteiger partial charge in [-0.3, -0.25) is 4.79 Å². The molecule has 0 fully saturated rings. The zero-order valence-electron chi connectivity index (χ0n) is 13.8. The van der Waals surface area contributed by atoms with Crippen LogP contribution in [-0.2, 0) is 4.79 Å². The molecule has 2 heterocycles. The number of rotatable bonds is 6. The van der Waals surface area contributed by atoms with Gasteiger partial charge in [-0.05, 0) is 18.9 Å². The zero-order valence-corrected chi connectivity index (χ0v) is 14.6. The van der Waals surface area contributed by atoms with Crippen molar-refractivity contribution in [2.45, 2.75) is 37.9 Å². The molecule has 0 aliphatic carbocycles. The predicted molar refractivity (Wildman–Crippen MR) is 95.8 cm³/mol. The number of fused-ring (bicyclic) bond motifs is 1. The summed E-state index contributed by atoms with van der Waals surface area (Å²) in [6, 6.07) is 9.42. The summed E-state index contributed by atoms with van der Waals surface area (Å²) >= 11 is 1.63. The lowest BCUT2D eigenvalue weighted by Gasteiger charge is -2.27. The molecule has 0 spiro atoms. The third-order valence-electron chi connectivity index (χ3n) is 3.94. The van der Waals surface area contributed by atoms with Gasteiger partial charge in [0.05, 0.1) is 5.57 Å². The van der Waals surface area contributed by atoms with Crippen molar-refractivity contribution in [2.24, 2.45) is 5.73 Å². The molecule has 0 saturated carbocycles. The normalized spacial score (nSPS) is 16.7. The summed E-state index contributed by atoms with van der Waals surface area (Å²) < 4.78 is 1.76. The molecule has 1 aromatic carbocycles. The van der Waals surface area contributed by atoms with Gasteiger partial charge in [-0.15, -0.1) is 5.10 Å². The second kappa shape index (κ2) is 7.09. The van der Waals surface area contributed by atoms with Gasteiger partial charge in [0.1, 0.15) is 6.04 Å². The first kappa shape index (κ1) is 16.6. The van der Waals surface area contributed by atoms with Crippen LogP contribution < -0.4 is 11.1 Å². The first-order valence-corrected chi connectivity index (χ1v) is 9.02. The molecule has 3 rings (SSSR count). The van der Waals surface area contributed by atoms with E-state index in [-0.39, 0.29) is 6.04 Å². The van der Waals surface area contributed by atoms with Crippen LogP contribution in [0.5, 0.6) is 0 Å². The third kappa shape index (κ3) is 3.17. The van der Waals surface area contributed by atoms with Crippen molar-refractivity contribution < 1.29 is 4.79 Å². The Balaban J connectivity index is 2.02. The van der Waals surface area contributed by atoms with Crippen LogP contribution in [0.15, 0.2) is 46.8 Å². The van der Waals surface area contributed by atoms with Gasteiger partial charge in [-0.25, -0.2) is 4.68 Å². The number of amides is 1. The lowest BCUT2D eigenvalue weighted by molar-refractivity contribution is -0.115. The Morgan fingerprint density at radius 3 is 2.79 bits per heavy atom. The molecule has 1 aliphatic heterocycles. The van der Waals surface area contributed by atoms with Gasteiger partial charge < -0.3 is 11.1 Å². The molecule has 6 nitrogen and oxygen atoms in total. The molecule has 1 atom stereocenters. The largest absolute Gasteiger partial charge is 0.366 e. The Kier molecular flexibility index (Phi) is 4.89. The van der Waals surface area contributed by atoms with Gasteiger partial charge in [-0.1, -0.05) is 55.4 Å². The summed E-state index contributed by atoms with van der Waals surface area (Å²) in [5.41, 5.74) is 7.85. The third-order valence-corrected chi connectivity index (χ3v) is 4.87. The molecule has 3 N–H and O–H groups in total. The maximum absolute atomic E-state index is 12.0. The number of benzene rings is 1. The smallest absolute Gasteiger partial charge is 0.248 e. The highest BCUT2D eigenvalue weighted by Gasteiger charge is 2.33. The highest BCUT2D eigenvalue weighted by Crippen LogP contribution is 2.35. The van der Waals surface area contributed by atoms with Crippen LogP contribution in [0.3, 0.4) is 0 Å². The number of nitrogens with two attached hydrogens (primary N) is 1. The Labute approximate surface area is 145 Å². The lowest BCUT2D eigenvalue weighted by atomic mass is 9.95. The number of primary amides is 1. The molecule has 1 unspecified atom stereocenters. The summed E-state index contributed by atoms with van der Waals surface area (Å²) in [4.78, 5) is 16.6. The molecule has 1 amide bonds. The molecule has 1 aliphatic rings. The van der Waals surface area contributed by atoms with Gasteiger partial charge in [0.2, 0.25) is 17.0 Å². The van der Waals surface area contributed by atoms with Gasteiger partial charge in [0.15, 0.2) is 0 Å². The number of carbonyl (C=O) groups is 1. The van der Waals surface area contributed by atoms with E-state index in [1.807, 2.05) is 37.3 Å². The van der Waals surface area contributed by atoms with E-state index in [1.54, 1.807) is 16.4 Å². The summed E-state index contributed by atoms with van der Waals surface area (Å²) in [7, 11) is 0. The number of thioether (sulfide) groups is 1. The monoisotopic (exact) mass is 343 g/mol. The fraction of sp³-hybridized carbons (Fsp3) is 0.353. The van der Waals surface area contributed by atoms with Crippen LogP contribution in [0.25, 0.3) is 0 Å². The summed E-state index contributed by atoms with van der Waals surface area (Å²) in [6.07, 6.45) is 2.26. The van der Waals surface area contributed by atoms with Crippen molar-refractivity contribution in [3.05, 3.63) is 47.2 Å². The van der Waals surface area contributed by atoms with Crippen LogP contribution in [-0.4, -0.2) is 26.4 Å². The highest BCUT2D eigenvalue weighted by atomic mass is 32.2. The van der Waals surface area contributed by atoms with E-state index in [4.69, 9.17) is 5.73 Å². The Hall–Kier alpha value is -2.28. The molecule has 2 aromatic rings. The number of hydrogen-bond donors (Lipinski definition) is 2. The van der Waals surface area contributed by atoms with Crippen molar-refractivity contribution >= 4 is 23.6 Å². The number of carbonyl (C=O) groups excluding carboxylic acids is 1. The minimum absolute atomic E-state index is 0.354. The number of unbranched alkanes of at least 4 members (excludes halogenated alkanes) is 1. The van der Waals surface area contributed by atoms with Crippen LogP contribution in [0.2, 0.25) is 0 Å². The molecule has 0 bridgehead atoms. The summed E-state index contributed by atoms with van der Waals surface area (Å²) in [5.74, 6) is 1.17. The van der Waals surface area contributed by atoms with Gasteiger partial charge >= 0.3 is 0 Å². The number of aromatic nitrogens is 3. The number of allylic oxidation sites excluding steroid dienone is 1. The second-order valence-corrected chi connectivity index (χ2v) is 6.77. The van der Waals surface area contributed by atoms with Crippen molar-refractivity contribution in [3.8, 4) is 0 Å². The Morgan fingerprint density at radius 2 is 2.12 bits per heavy atom. The average Bonchev–Trinajstić information content (AvgIpc) is 2.96. The van der Waals surface area contributed by atoms with Gasteiger partial charge in [-0.2, -0.15) is 4.98 Å². The molecule has 126 valence electrons. The minimum atomic E-state index is -0.449. The predicted octanol–water partition coefficient (Wildman–Crippen LogP) is 2.94. The molecule has 24 heavy (non-hydrogen) atoms. The maximum Gasteiger partial charge on any atom is 0.248 e. The standard InChI is InChI=1S/C17H21N5OS/c1-3-4-10-24-17-20-16-19-11(2)13(15(18)23)14(22(16)21-17)12-8-6-5-7-9-12/h5-9,14H,3-4,10H2,1-2H3,(H2,18,23)(H,19,20,21). The van der Waals surface area contributed by atoms with Gasteiger partial charge in [0.25, 0.3) is 0 Å². The Morgan fingerprint density at radius 1 is 1.38 bits per heavy atom. The molecular formula is C17H21N5OS. The fourth-order valence-electron chi connectivity index (χ4n) is 2.76. The first-order valence-electron chi connectivity index (χ1n) is 8.03. The number of nitrogens with zero attached hydrogens (tertiary/aromatic N) is 3. The zero-order chi connectivity index (χ0) is 17.1. The number of hydrogen-bond acceptors (Lipinski definition) is 5. The van der Waals surface area contributed by atoms with E-state index in [2.05, 4.69) is 22.3 Å². The maximum atomic E-state index is 12.0. The van der Waals surface area contributed by atoms with E-state index in [0.29, 0.717) is 16.7 Å². The van der Waals surface area contributed by atoms with E-state index in [9.17, 15) is 4.79 Å². The van der Waals surface area contributed by atoms with Crippen molar-refractivity contribution in [2.75, 3.05) is 11.1 Å². The highest BCUT2D eigenvalue weighted by molar-refractivity contribution is 7.99. The van der Waals surface area contributed by atoms with Gasteiger partial charge in [0, 0.05) is 11.4 Å². The molecular weight excluding hydrogens is 322 g/mol. The van der Waals surface area contributed by atoms with E-state index in [0.717, 1.165) is 29.9 Å². The Bertz CT molecular complexity index is 769. The molecule has 7 heteroatoms. The topological polar surface area (TPSA) is 85.8 Å². The van der Waals surface area contributed by atoms with Crippen molar-refractivity contribution in [1.82, 2.24) is 14.8 Å². The van der Waals surface area contributed by atoms with Crippen LogP contribution in [0, 0.1) is 0 Å². The van der Waals surface area contributed by atoms with Crippen LogP contribution in [0.4, 0.5) is 5.95 Å². The average molecular weight is 343 g/mol. The summed E-state index contributed by atoms with van der Waals surface area (Å²) in [6.45, 7) is 4.00. The van der Waals surface area contributed by atoms with E-state index >= 15 is 0 Å². The van der Waals surface area contributed by atoms with E-state index < -0.39 is 5.91 Å². The lowest BCUT2D eigenvalue weighted by Crippen LogP contribution is -2.31. The number of anilines is 1. The summed E-state index contributed by atoms with van der Waals surface area (Å²) in [5, 5.41) is 8.48. The van der Waals surface area contributed by atoms with Crippen molar-refractivity contribution in [1.29, 1.82) is 0 Å². The minimum Gasteiger partial charge on any atom is -0.366 e. The van der Waals surface area contributed by atoms with Crippen LogP contribution >= 0.6 is 11.8 Å². The molecule has 0 saturated heterocycles. The SMILES string of the molecule is CCCCSc1nc2n(n1)C(c1ccccc1)C(C(N)=O)=C(C)N2. The molecule has 1 aromatic heterocycles. The number of nitrogens with one attached hydrogen (secondary N) is 1. The van der Waals surface area contributed by atoms with Crippen LogP contribution in [0.1, 0.15) is 38.3 Å². The van der Waals surface area contributed by atoms with Crippen molar-refractivity contribution in [3.63, 3.8) is 0 Å². The van der Waals surface area contributed by atoms with E-state index in [1.165, 1.54) is 0 Å². The second-order valence-electron chi connectivity index (χ2n) is 5.71. The molecule has 0 radical (unpaired) electrons.